The summed E-state index contributed by atoms with van der Waals surface area (Å²) < 4.78 is 0. The number of rotatable bonds is 8. The zero-order chi connectivity index (χ0) is 16.7. The third kappa shape index (κ3) is 6.56. The highest BCUT2D eigenvalue weighted by Gasteiger charge is 2.22. The summed E-state index contributed by atoms with van der Waals surface area (Å²) in [5.41, 5.74) is 1.06. The first-order chi connectivity index (χ1) is 11.1. The molecule has 1 aromatic rings. The fourth-order valence-corrected chi connectivity index (χ4v) is 2.82. The summed E-state index contributed by atoms with van der Waals surface area (Å²) in [6.45, 7) is 6.28. The standard InChI is InChI=1S/C16H27N5OS/c1-4-17-16(21(3)10-14-11-23-12(2)19-14)18-9-5-6-15(22)20-13-7-8-13/h11,13H,4-10H2,1-3H3,(H,17,18)(H,20,22). The Morgan fingerprint density at radius 3 is 2.91 bits per heavy atom. The van der Waals surface area contributed by atoms with Crippen LogP contribution in [-0.2, 0) is 11.3 Å². The number of amides is 1. The minimum atomic E-state index is 0.152. The fraction of sp³-hybridized carbons (Fsp3) is 0.688. The predicted octanol–water partition coefficient (Wildman–Crippen LogP) is 1.91. The van der Waals surface area contributed by atoms with Crippen molar-refractivity contribution < 1.29 is 4.79 Å². The molecule has 0 unspecified atom stereocenters. The van der Waals surface area contributed by atoms with Crippen LogP contribution in [0.25, 0.3) is 0 Å². The lowest BCUT2D eigenvalue weighted by atomic mass is 10.3. The molecule has 1 saturated carbocycles. The summed E-state index contributed by atoms with van der Waals surface area (Å²) in [6, 6.07) is 0.441. The molecule has 0 spiro atoms. The van der Waals surface area contributed by atoms with E-state index in [9.17, 15) is 4.79 Å². The van der Waals surface area contributed by atoms with E-state index >= 15 is 0 Å². The highest BCUT2D eigenvalue weighted by atomic mass is 32.1. The molecule has 1 aliphatic carbocycles. The lowest BCUT2D eigenvalue weighted by Gasteiger charge is -2.21. The van der Waals surface area contributed by atoms with Gasteiger partial charge in [-0.2, -0.15) is 0 Å². The minimum Gasteiger partial charge on any atom is -0.357 e. The van der Waals surface area contributed by atoms with Crippen LogP contribution in [0, 0.1) is 6.92 Å². The average Bonchev–Trinajstić information content (AvgIpc) is 3.23. The van der Waals surface area contributed by atoms with Gasteiger partial charge >= 0.3 is 0 Å². The van der Waals surface area contributed by atoms with E-state index in [-0.39, 0.29) is 5.91 Å². The Labute approximate surface area is 142 Å². The van der Waals surface area contributed by atoms with Gasteiger partial charge in [0.25, 0.3) is 0 Å². The second-order valence-electron chi connectivity index (χ2n) is 5.89. The molecule has 1 fully saturated rings. The lowest BCUT2D eigenvalue weighted by molar-refractivity contribution is -0.121. The molecule has 0 aromatic carbocycles. The van der Waals surface area contributed by atoms with Gasteiger partial charge in [-0.15, -0.1) is 11.3 Å². The molecule has 128 valence electrons. The Morgan fingerprint density at radius 2 is 2.30 bits per heavy atom. The maximum atomic E-state index is 11.6. The molecule has 0 atom stereocenters. The Balaban J connectivity index is 1.77. The maximum Gasteiger partial charge on any atom is 0.220 e. The number of aromatic nitrogens is 1. The number of nitrogens with zero attached hydrogens (tertiary/aromatic N) is 3. The molecule has 2 rings (SSSR count). The molecule has 0 radical (unpaired) electrons. The van der Waals surface area contributed by atoms with Gasteiger partial charge < -0.3 is 15.5 Å². The molecule has 1 aromatic heterocycles. The zero-order valence-corrected chi connectivity index (χ0v) is 15.1. The van der Waals surface area contributed by atoms with E-state index in [1.807, 2.05) is 14.0 Å². The van der Waals surface area contributed by atoms with E-state index < -0.39 is 0 Å². The van der Waals surface area contributed by atoms with Crippen LogP contribution in [0.3, 0.4) is 0 Å². The van der Waals surface area contributed by atoms with Crippen molar-refractivity contribution in [2.75, 3.05) is 20.1 Å². The van der Waals surface area contributed by atoms with Crippen molar-refractivity contribution in [2.24, 2.45) is 4.99 Å². The minimum absolute atomic E-state index is 0.152. The van der Waals surface area contributed by atoms with Gasteiger partial charge in [0.2, 0.25) is 5.91 Å². The fourth-order valence-electron chi connectivity index (χ4n) is 2.22. The van der Waals surface area contributed by atoms with Crippen molar-refractivity contribution in [3.8, 4) is 0 Å². The van der Waals surface area contributed by atoms with Crippen LogP contribution in [0.5, 0.6) is 0 Å². The van der Waals surface area contributed by atoms with Gasteiger partial charge in [0.15, 0.2) is 5.96 Å². The van der Waals surface area contributed by atoms with Gasteiger partial charge in [0.05, 0.1) is 17.2 Å². The van der Waals surface area contributed by atoms with Crippen molar-refractivity contribution in [1.82, 2.24) is 20.5 Å². The number of nitrogens with one attached hydrogen (secondary N) is 2. The smallest absolute Gasteiger partial charge is 0.220 e. The highest BCUT2D eigenvalue weighted by molar-refractivity contribution is 7.09. The first-order valence-corrected chi connectivity index (χ1v) is 9.16. The summed E-state index contributed by atoms with van der Waals surface area (Å²) in [7, 11) is 2.01. The second kappa shape index (κ2) is 8.86. The molecule has 0 aliphatic heterocycles. The number of thiazole rings is 1. The SMILES string of the molecule is CCNC(=NCCCC(=O)NC1CC1)N(C)Cc1csc(C)n1. The molecular weight excluding hydrogens is 310 g/mol. The van der Waals surface area contributed by atoms with E-state index in [1.54, 1.807) is 11.3 Å². The topological polar surface area (TPSA) is 69.6 Å². The van der Waals surface area contributed by atoms with Crippen molar-refractivity contribution >= 4 is 23.2 Å². The van der Waals surface area contributed by atoms with E-state index in [0.29, 0.717) is 19.0 Å². The third-order valence-corrected chi connectivity index (χ3v) is 4.35. The van der Waals surface area contributed by atoms with E-state index in [4.69, 9.17) is 0 Å². The second-order valence-corrected chi connectivity index (χ2v) is 6.96. The van der Waals surface area contributed by atoms with Crippen molar-refractivity contribution in [3.05, 3.63) is 16.1 Å². The molecule has 2 N–H and O–H groups in total. The summed E-state index contributed by atoms with van der Waals surface area (Å²) in [5.74, 6) is 1.01. The van der Waals surface area contributed by atoms with Crippen LogP contribution in [0.2, 0.25) is 0 Å². The molecule has 0 saturated heterocycles. The van der Waals surface area contributed by atoms with Crippen molar-refractivity contribution in [3.63, 3.8) is 0 Å². The number of carbonyl (C=O) groups is 1. The number of hydrogen-bond donors (Lipinski definition) is 2. The number of guanidine groups is 1. The number of hydrogen-bond acceptors (Lipinski definition) is 4. The van der Waals surface area contributed by atoms with Gasteiger partial charge in [-0.1, -0.05) is 0 Å². The lowest BCUT2D eigenvalue weighted by Crippen LogP contribution is -2.38. The first-order valence-electron chi connectivity index (χ1n) is 8.28. The average molecular weight is 337 g/mol. The van der Waals surface area contributed by atoms with Crippen LogP contribution < -0.4 is 10.6 Å². The van der Waals surface area contributed by atoms with Crippen molar-refractivity contribution in [1.29, 1.82) is 0 Å². The van der Waals surface area contributed by atoms with E-state index in [1.165, 1.54) is 0 Å². The Kier molecular flexibility index (Phi) is 6.83. The van der Waals surface area contributed by atoms with Gasteiger partial charge in [-0.3, -0.25) is 9.79 Å². The van der Waals surface area contributed by atoms with Crippen LogP contribution in [0.15, 0.2) is 10.4 Å². The van der Waals surface area contributed by atoms with Crippen LogP contribution in [0.1, 0.15) is 43.3 Å². The number of aliphatic imine (C=N–C) groups is 1. The highest BCUT2D eigenvalue weighted by Crippen LogP contribution is 2.18. The normalized spacial score (nSPS) is 14.7. The largest absolute Gasteiger partial charge is 0.357 e. The van der Waals surface area contributed by atoms with Crippen LogP contribution in [0.4, 0.5) is 0 Å². The number of aryl methyl sites for hydroxylation is 1. The zero-order valence-electron chi connectivity index (χ0n) is 14.3. The monoisotopic (exact) mass is 337 g/mol. The maximum absolute atomic E-state index is 11.6. The molecule has 1 aliphatic rings. The Hall–Kier alpha value is -1.63. The van der Waals surface area contributed by atoms with Gasteiger partial charge in [-0.05, 0) is 33.1 Å². The summed E-state index contributed by atoms with van der Waals surface area (Å²) in [5, 5.41) is 9.46. The number of carbonyl (C=O) groups excluding carboxylic acids is 1. The first kappa shape index (κ1) is 17.7. The van der Waals surface area contributed by atoms with Gasteiger partial charge in [0.1, 0.15) is 0 Å². The van der Waals surface area contributed by atoms with E-state index in [2.05, 4.69) is 37.8 Å². The van der Waals surface area contributed by atoms with Crippen LogP contribution in [-0.4, -0.2) is 47.9 Å². The molecule has 6 nitrogen and oxygen atoms in total. The molecular formula is C16H27N5OS. The quantitative estimate of drug-likeness (QED) is 0.432. The summed E-state index contributed by atoms with van der Waals surface area (Å²) >= 11 is 1.66. The Morgan fingerprint density at radius 1 is 1.52 bits per heavy atom. The Bertz CT molecular complexity index is 538. The van der Waals surface area contributed by atoms with Crippen LogP contribution >= 0.6 is 11.3 Å². The summed E-state index contributed by atoms with van der Waals surface area (Å²) in [6.07, 6.45) is 3.59. The predicted molar refractivity (Wildman–Crippen MR) is 94.7 cm³/mol. The van der Waals surface area contributed by atoms with Gasteiger partial charge in [-0.25, -0.2) is 4.98 Å². The van der Waals surface area contributed by atoms with E-state index in [0.717, 1.165) is 49.0 Å². The molecule has 7 heteroatoms. The van der Waals surface area contributed by atoms with Gasteiger partial charge in [0, 0.05) is 38.0 Å². The van der Waals surface area contributed by atoms with Crippen molar-refractivity contribution in [2.45, 2.75) is 52.1 Å². The molecule has 1 amide bonds. The molecule has 0 bridgehead atoms. The molecule has 1 heterocycles. The molecule has 23 heavy (non-hydrogen) atoms. The summed E-state index contributed by atoms with van der Waals surface area (Å²) in [4.78, 5) is 22.8. The third-order valence-electron chi connectivity index (χ3n) is 3.53.